The van der Waals surface area contributed by atoms with Gasteiger partial charge in [-0.3, -0.25) is 19.7 Å². The molecule has 8 nitrogen and oxygen atoms in total. The zero-order chi connectivity index (χ0) is 16.7. The predicted molar refractivity (Wildman–Crippen MR) is 80.0 cm³/mol. The molecule has 0 atom stereocenters. The predicted octanol–water partition coefficient (Wildman–Crippen LogP) is 2.45. The molecule has 2 heterocycles. The van der Waals surface area contributed by atoms with E-state index in [0.717, 1.165) is 11.0 Å². The molecule has 0 fully saturated rings. The van der Waals surface area contributed by atoms with E-state index < -0.39 is 22.4 Å². The fraction of sp³-hybridized carbons (Fsp3) is 0.0714. The molecule has 0 saturated carbocycles. The minimum Gasteiger partial charge on any atom is -0.479 e. The Morgan fingerprint density at radius 3 is 2.57 bits per heavy atom. The topological polar surface area (TPSA) is 103 Å². The molecule has 2 amide bonds. The van der Waals surface area contributed by atoms with Crippen molar-refractivity contribution in [3.63, 3.8) is 0 Å². The summed E-state index contributed by atoms with van der Waals surface area (Å²) in [5, 5.41) is 11.1. The lowest BCUT2D eigenvalue weighted by atomic mass is 10.1. The lowest BCUT2D eigenvalue weighted by Gasteiger charge is -2.15. The van der Waals surface area contributed by atoms with Gasteiger partial charge < -0.3 is 4.74 Å². The maximum absolute atomic E-state index is 12.6. The Labute approximate surface area is 134 Å². The van der Waals surface area contributed by atoms with Gasteiger partial charge in [-0.2, -0.15) is 0 Å². The van der Waals surface area contributed by atoms with Crippen LogP contribution < -0.4 is 9.64 Å². The molecule has 0 N–H and O–H groups in total. The molecule has 3 rings (SSSR count). The van der Waals surface area contributed by atoms with Gasteiger partial charge in [-0.05, 0) is 18.2 Å². The van der Waals surface area contributed by atoms with Crippen molar-refractivity contribution in [2.75, 3.05) is 12.0 Å². The number of hydrogen-bond acceptors (Lipinski definition) is 6. The number of anilines is 1. The Bertz CT molecular complexity index is 867. The number of methoxy groups -OCH3 is 1. The monoisotopic (exact) mass is 333 g/mol. The third-order valence-corrected chi connectivity index (χ3v) is 3.66. The first-order valence-corrected chi connectivity index (χ1v) is 6.69. The van der Waals surface area contributed by atoms with Crippen LogP contribution in [0.1, 0.15) is 20.7 Å². The third-order valence-electron chi connectivity index (χ3n) is 3.35. The van der Waals surface area contributed by atoms with Crippen molar-refractivity contribution < 1.29 is 19.2 Å². The third kappa shape index (κ3) is 2.11. The quantitative estimate of drug-likeness (QED) is 0.485. The average molecular weight is 334 g/mol. The molecule has 116 valence electrons. The van der Waals surface area contributed by atoms with Crippen LogP contribution in [0, 0.1) is 10.1 Å². The van der Waals surface area contributed by atoms with E-state index in [0.29, 0.717) is 0 Å². The van der Waals surface area contributed by atoms with E-state index in [1.54, 1.807) is 0 Å². The number of aromatic nitrogens is 1. The molecule has 0 bridgehead atoms. The lowest BCUT2D eigenvalue weighted by Crippen LogP contribution is -2.30. The van der Waals surface area contributed by atoms with Crippen LogP contribution in [0.15, 0.2) is 30.5 Å². The molecular weight excluding hydrogens is 326 g/mol. The molecule has 23 heavy (non-hydrogen) atoms. The van der Waals surface area contributed by atoms with Crippen molar-refractivity contribution in [3.05, 3.63) is 56.7 Å². The Hall–Kier alpha value is -3.00. The number of nitro benzene ring substituents is 1. The summed E-state index contributed by atoms with van der Waals surface area (Å²) >= 11 is 5.96. The molecule has 1 aliphatic heterocycles. The maximum Gasteiger partial charge on any atom is 0.283 e. The fourth-order valence-corrected chi connectivity index (χ4v) is 2.63. The number of pyridine rings is 1. The van der Waals surface area contributed by atoms with Crippen molar-refractivity contribution in [1.82, 2.24) is 4.98 Å². The zero-order valence-corrected chi connectivity index (χ0v) is 12.4. The van der Waals surface area contributed by atoms with Crippen LogP contribution >= 0.6 is 11.6 Å². The SMILES string of the molecule is COc1ncccc1N1C(=O)c2c(Cl)ccc([N+](=O)[O-])c2C1=O. The van der Waals surface area contributed by atoms with Gasteiger partial charge in [0, 0.05) is 12.3 Å². The molecule has 1 aromatic carbocycles. The van der Waals surface area contributed by atoms with Crippen LogP contribution in [-0.4, -0.2) is 28.8 Å². The van der Waals surface area contributed by atoms with Crippen LogP contribution in [0.4, 0.5) is 11.4 Å². The van der Waals surface area contributed by atoms with Crippen LogP contribution in [-0.2, 0) is 0 Å². The van der Waals surface area contributed by atoms with Crippen molar-refractivity contribution in [1.29, 1.82) is 0 Å². The number of hydrogen-bond donors (Lipinski definition) is 0. The first-order valence-electron chi connectivity index (χ1n) is 6.32. The van der Waals surface area contributed by atoms with Gasteiger partial charge in [0.15, 0.2) is 0 Å². The number of nitro groups is 1. The van der Waals surface area contributed by atoms with Crippen LogP contribution in [0.2, 0.25) is 5.02 Å². The largest absolute Gasteiger partial charge is 0.479 e. The first kappa shape index (κ1) is 14.9. The molecular formula is C14H8ClN3O5. The molecule has 0 saturated heterocycles. The molecule has 0 aliphatic carbocycles. The second-order valence-electron chi connectivity index (χ2n) is 4.55. The van der Waals surface area contributed by atoms with Gasteiger partial charge in [0.2, 0.25) is 5.88 Å². The summed E-state index contributed by atoms with van der Waals surface area (Å²) in [6, 6.07) is 5.27. The van der Waals surface area contributed by atoms with Crippen LogP contribution in [0.25, 0.3) is 0 Å². The number of benzene rings is 1. The lowest BCUT2D eigenvalue weighted by molar-refractivity contribution is -0.385. The summed E-state index contributed by atoms with van der Waals surface area (Å²) in [7, 11) is 1.33. The molecule has 0 unspecified atom stereocenters. The van der Waals surface area contributed by atoms with Gasteiger partial charge in [0.05, 0.1) is 22.6 Å². The van der Waals surface area contributed by atoms with Gasteiger partial charge in [-0.15, -0.1) is 0 Å². The fourth-order valence-electron chi connectivity index (χ4n) is 2.39. The number of halogens is 1. The Morgan fingerprint density at radius 2 is 1.91 bits per heavy atom. The highest BCUT2D eigenvalue weighted by atomic mass is 35.5. The van der Waals surface area contributed by atoms with E-state index in [9.17, 15) is 19.7 Å². The average Bonchev–Trinajstić information content (AvgIpc) is 2.80. The number of ether oxygens (including phenoxy) is 1. The number of amides is 2. The Morgan fingerprint density at radius 1 is 1.22 bits per heavy atom. The van der Waals surface area contributed by atoms with E-state index in [2.05, 4.69) is 4.98 Å². The van der Waals surface area contributed by atoms with Gasteiger partial charge in [0.25, 0.3) is 17.5 Å². The summed E-state index contributed by atoms with van der Waals surface area (Å²) < 4.78 is 5.04. The van der Waals surface area contributed by atoms with E-state index in [1.807, 2.05) is 0 Å². The normalized spacial score (nSPS) is 13.2. The highest BCUT2D eigenvalue weighted by Crippen LogP contribution is 2.39. The first-order chi connectivity index (χ1) is 11.0. The van der Waals surface area contributed by atoms with Crippen LogP contribution in [0.3, 0.4) is 0 Å². The van der Waals surface area contributed by atoms with E-state index in [-0.39, 0.29) is 27.7 Å². The minimum atomic E-state index is -0.842. The zero-order valence-electron chi connectivity index (χ0n) is 11.6. The molecule has 2 aromatic rings. The van der Waals surface area contributed by atoms with Crippen LogP contribution in [0.5, 0.6) is 5.88 Å². The smallest absolute Gasteiger partial charge is 0.283 e. The summed E-state index contributed by atoms with van der Waals surface area (Å²) in [6.07, 6.45) is 1.43. The van der Waals surface area contributed by atoms with Crippen molar-refractivity contribution >= 4 is 34.8 Å². The summed E-state index contributed by atoms with van der Waals surface area (Å²) in [4.78, 5) is 40.3. The molecule has 0 radical (unpaired) electrons. The summed E-state index contributed by atoms with van der Waals surface area (Å²) in [6.45, 7) is 0. The Balaban J connectivity index is 2.24. The number of carbonyl (C=O) groups excluding carboxylic acids is 2. The molecule has 0 spiro atoms. The number of nitrogens with zero attached hydrogens (tertiary/aromatic N) is 3. The highest BCUT2D eigenvalue weighted by Gasteiger charge is 2.44. The molecule has 9 heteroatoms. The maximum atomic E-state index is 12.6. The van der Waals surface area contributed by atoms with Gasteiger partial charge in [0.1, 0.15) is 11.3 Å². The van der Waals surface area contributed by atoms with Crippen molar-refractivity contribution in [3.8, 4) is 5.88 Å². The number of carbonyl (C=O) groups is 2. The van der Waals surface area contributed by atoms with Gasteiger partial charge in [-0.25, -0.2) is 9.88 Å². The molecule has 1 aliphatic rings. The summed E-state index contributed by atoms with van der Waals surface area (Å²) in [5.74, 6) is -1.56. The van der Waals surface area contributed by atoms with Crippen molar-refractivity contribution in [2.24, 2.45) is 0 Å². The van der Waals surface area contributed by atoms with Gasteiger partial charge in [-0.1, -0.05) is 11.6 Å². The number of fused-ring (bicyclic) bond motifs is 1. The van der Waals surface area contributed by atoms with E-state index in [1.165, 1.54) is 31.5 Å². The number of rotatable bonds is 3. The van der Waals surface area contributed by atoms with E-state index >= 15 is 0 Å². The number of imide groups is 1. The summed E-state index contributed by atoms with van der Waals surface area (Å²) in [5.41, 5.74) is -0.921. The highest BCUT2D eigenvalue weighted by molar-refractivity contribution is 6.43. The Kier molecular flexibility index (Phi) is 3.45. The van der Waals surface area contributed by atoms with Gasteiger partial charge >= 0.3 is 0 Å². The molecule has 1 aromatic heterocycles. The second kappa shape index (κ2) is 5.33. The van der Waals surface area contributed by atoms with E-state index in [4.69, 9.17) is 16.3 Å². The van der Waals surface area contributed by atoms with Crippen molar-refractivity contribution in [2.45, 2.75) is 0 Å². The second-order valence-corrected chi connectivity index (χ2v) is 4.96. The minimum absolute atomic E-state index is 0.0330. The standard InChI is InChI=1S/C14H8ClN3O5/c1-23-12-9(3-2-6-16-12)17-13(19)10-7(15)4-5-8(18(21)22)11(10)14(17)20/h2-6H,1H3.